The number of aryl methyl sites for hydroxylation is 2. The molecule has 0 spiro atoms. The van der Waals surface area contributed by atoms with E-state index in [1.165, 1.54) is 0 Å². The van der Waals surface area contributed by atoms with Crippen LogP contribution < -0.4 is 4.74 Å². The molecule has 0 N–H and O–H groups in total. The summed E-state index contributed by atoms with van der Waals surface area (Å²) < 4.78 is 5.28. The molecule has 0 bridgehead atoms. The molecule has 0 amide bonds. The van der Waals surface area contributed by atoms with Crippen molar-refractivity contribution in [2.24, 2.45) is 0 Å². The van der Waals surface area contributed by atoms with Crippen LogP contribution in [0.4, 0.5) is 0 Å². The molecule has 16 heavy (non-hydrogen) atoms. The van der Waals surface area contributed by atoms with Gasteiger partial charge in [0.05, 0.1) is 12.7 Å². The summed E-state index contributed by atoms with van der Waals surface area (Å²) in [6.45, 7) is 3.97. The maximum atomic E-state index is 12.0. The molecule has 0 aliphatic rings. The Morgan fingerprint density at radius 3 is 2.62 bits per heavy atom. The predicted molar refractivity (Wildman–Crippen MR) is 69.8 cm³/mol. The van der Waals surface area contributed by atoms with E-state index in [2.05, 4.69) is 0 Å². The Morgan fingerprint density at radius 2 is 2.06 bits per heavy atom. The quantitative estimate of drug-likeness (QED) is 0.737. The van der Waals surface area contributed by atoms with Gasteiger partial charge in [0.15, 0.2) is 5.78 Å². The van der Waals surface area contributed by atoms with Crippen molar-refractivity contribution < 1.29 is 9.53 Å². The number of benzene rings is 1. The standard InChI is InChI=1S/C13H18O2S/c1-9-7-10(2)13(12(8-9)15-3)11(14)5-6-16-4/h7-8H,5-6H2,1-4H3. The van der Waals surface area contributed by atoms with Gasteiger partial charge in [0, 0.05) is 12.2 Å². The summed E-state index contributed by atoms with van der Waals surface area (Å²) in [5, 5.41) is 0. The highest BCUT2D eigenvalue weighted by Crippen LogP contribution is 2.25. The summed E-state index contributed by atoms with van der Waals surface area (Å²) in [7, 11) is 1.61. The zero-order chi connectivity index (χ0) is 12.1. The van der Waals surface area contributed by atoms with Gasteiger partial charge < -0.3 is 4.74 Å². The Labute approximate surface area is 101 Å². The number of methoxy groups -OCH3 is 1. The number of Topliss-reactive ketones (excluding diaryl/α,β-unsaturated/α-hetero) is 1. The molecule has 1 rings (SSSR count). The minimum Gasteiger partial charge on any atom is -0.496 e. The fourth-order valence-electron chi connectivity index (χ4n) is 1.77. The van der Waals surface area contributed by atoms with Crippen LogP contribution in [0.25, 0.3) is 0 Å². The first-order valence-electron chi connectivity index (χ1n) is 5.27. The monoisotopic (exact) mass is 238 g/mol. The molecule has 0 saturated carbocycles. The maximum Gasteiger partial charge on any atom is 0.167 e. The normalized spacial score (nSPS) is 10.2. The second kappa shape index (κ2) is 5.94. The molecule has 0 heterocycles. The summed E-state index contributed by atoms with van der Waals surface area (Å²) >= 11 is 1.69. The van der Waals surface area contributed by atoms with Gasteiger partial charge in [0.1, 0.15) is 5.75 Å². The van der Waals surface area contributed by atoms with Crippen molar-refractivity contribution >= 4 is 17.5 Å². The molecular weight excluding hydrogens is 220 g/mol. The van der Waals surface area contributed by atoms with Crippen molar-refractivity contribution in [2.45, 2.75) is 20.3 Å². The Balaban J connectivity index is 3.06. The molecule has 1 aromatic rings. The second-order valence-corrected chi connectivity index (χ2v) is 4.81. The average Bonchev–Trinajstić information content (AvgIpc) is 2.24. The van der Waals surface area contributed by atoms with Crippen LogP contribution >= 0.6 is 11.8 Å². The fraction of sp³-hybridized carbons (Fsp3) is 0.462. The van der Waals surface area contributed by atoms with Gasteiger partial charge in [-0.3, -0.25) is 4.79 Å². The molecule has 0 radical (unpaired) electrons. The Hall–Kier alpha value is -0.960. The van der Waals surface area contributed by atoms with Crippen LogP contribution in [0.3, 0.4) is 0 Å². The minimum absolute atomic E-state index is 0.170. The van der Waals surface area contributed by atoms with E-state index in [9.17, 15) is 4.79 Å². The Kier molecular flexibility index (Phi) is 4.87. The molecule has 0 fully saturated rings. The molecule has 1 aromatic carbocycles. The molecule has 2 nitrogen and oxygen atoms in total. The second-order valence-electron chi connectivity index (χ2n) is 3.83. The molecule has 0 saturated heterocycles. The largest absolute Gasteiger partial charge is 0.496 e. The van der Waals surface area contributed by atoms with Crippen molar-refractivity contribution in [3.63, 3.8) is 0 Å². The summed E-state index contributed by atoms with van der Waals surface area (Å²) in [5.41, 5.74) is 2.86. The van der Waals surface area contributed by atoms with Crippen molar-refractivity contribution in [3.8, 4) is 5.75 Å². The fourth-order valence-corrected chi connectivity index (χ4v) is 2.16. The van der Waals surface area contributed by atoms with Gasteiger partial charge >= 0.3 is 0 Å². The summed E-state index contributed by atoms with van der Waals surface area (Å²) in [5.74, 6) is 1.72. The number of rotatable bonds is 5. The average molecular weight is 238 g/mol. The van der Waals surface area contributed by atoms with Gasteiger partial charge in [-0.25, -0.2) is 0 Å². The SMILES string of the molecule is COc1cc(C)cc(C)c1C(=O)CCSC. The number of thioether (sulfide) groups is 1. The molecule has 3 heteroatoms. The number of ketones is 1. The zero-order valence-electron chi connectivity index (χ0n) is 10.3. The topological polar surface area (TPSA) is 26.3 Å². The first-order chi connectivity index (χ1) is 7.60. The van der Waals surface area contributed by atoms with E-state index in [0.29, 0.717) is 12.2 Å². The van der Waals surface area contributed by atoms with E-state index in [0.717, 1.165) is 22.4 Å². The summed E-state index contributed by atoms with van der Waals surface area (Å²) in [6.07, 6.45) is 2.58. The van der Waals surface area contributed by atoms with Crippen molar-refractivity contribution in [1.82, 2.24) is 0 Å². The number of carbonyl (C=O) groups is 1. The molecular formula is C13H18O2S. The number of ether oxygens (including phenoxy) is 1. The Bertz CT molecular complexity index is 386. The molecule has 0 aliphatic carbocycles. The van der Waals surface area contributed by atoms with Gasteiger partial charge in [0.25, 0.3) is 0 Å². The van der Waals surface area contributed by atoms with Crippen LogP contribution in [0, 0.1) is 13.8 Å². The van der Waals surface area contributed by atoms with Gasteiger partial charge in [-0.2, -0.15) is 11.8 Å². The highest BCUT2D eigenvalue weighted by atomic mass is 32.2. The van der Waals surface area contributed by atoms with Crippen LogP contribution in [0.15, 0.2) is 12.1 Å². The lowest BCUT2D eigenvalue weighted by Gasteiger charge is -2.11. The van der Waals surface area contributed by atoms with Crippen LogP contribution in [0.5, 0.6) is 5.75 Å². The number of hydrogen-bond acceptors (Lipinski definition) is 3. The smallest absolute Gasteiger partial charge is 0.167 e. The molecule has 0 atom stereocenters. The maximum absolute atomic E-state index is 12.0. The third-order valence-electron chi connectivity index (χ3n) is 2.48. The van der Waals surface area contributed by atoms with Crippen molar-refractivity contribution in [2.75, 3.05) is 19.1 Å². The van der Waals surface area contributed by atoms with Gasteiger partial charge in [-0.05, 0) is 37.3 Å². The van der Waals surface area contributed by atoms with E-state index in [1.807, 2.05) is 32.2 Å². The van der Waals surface area contributed by atoms with E-state index < -0.39 is 0 Å². The van der Waals surface area contributed by atoms with Crippen molar-refractivity contribution in [1.29, 1.82) is 0 Å². The molecule has 0 unspecified atom stereocenters. The molecule has 0 aromatic heterocycles. The number of carbonyl (C=O) groups excluding carboxylic acids is 1. The van der Waals surface area contributed by atoms with E-state index in [1.54, 1.807) is 18.9 Å². The highest BCUT2D eigenvalue weighted by Gasteiger charge is 2.15. The lowest BCUT2D eigenvalue weighted by Crippen LogP contribution is -2.06. The van der Waals surface area contributed by atoms with Crippen molar-refractivity contribution in [3.05, 3.63) is 28.8 Å². The number of hydrogen-bond donors (Lipinski definition) is 0. The molecule has 88 valence electrons. The predicted octanol–water partition coefficient (Wildman–Crippen LogP) is 3.25. The Morgan fingerprint density at radius 1 is 1.38 bits per heavy atom. The van der Waals surface area contributed by atoms with E-state index in [-0.39, 0.29) is 5.78 Å². The van der Waals surface area contributed by atoms with Crippen LogP contribution in [-0.4, -0.2) is 24.9 Å². The van der Waals surface area contributed by atoms with Gasteiger partial charge in [-0.1, -0.05) is 6.07 Å². The van der Waals surface area contributed by atoms with Crippen LogP contribution in [0.2, 0.25) is 0 Å². The lowest BCUT2D eigenvalue weighted by molar-refractivity contribution is 0.0986. The minimum atomic E-state index is 0.170. The molecule has 0 aliphatic heterocycles. The third-order valence-corrected chi connectivity index (χ3v) is 3.09. The van der Waals surface area contributed by atoms with Crippen LogP contribution in [0.1, 0.15) is 27.9 Å². The first-order valence-corrected chi connectivity index (χ1v) is 6.67. The van der Waals surface area contributed by atoms with Gasteiger partial charge in [-0.15, -0.1) is 0 Å². The van der Waals surface area contributed by atoms with E-state index in [4.69, 9.17) is 4.74 Å². The zero-order valence-corrected chi connectivity index (χ0v) is 11.1. The summed E-state index contributed by atoms with van der Waals surface area (Å²) in [6, 6.07) is 3.94. The van der Waals surface area contributed by atoms with Crippen LogP contribution in [-0.2, 0) is 0 Å². The lowest BCUT2D eigenvalue weighted by atomic mass is 9.99. The van der Waals surface area contributed by atoms with E-state index >= 15 is 0 Å². The third kappa shape index (κ3) is 3.01. The van der Waals surface area contributed by atoms with Gasteiger partial charge in [0.2, 0.25) is 0 Å². The highest BCUT2D eigenvalue weighted by molar-refractivity contribution is 7.98. The first kappa shape index (κ1) is 13.1. The summed E-state index contributed by atoms with van der Waals surface area (Å²) in [4.78, 5) is 12.0.